The maximum Gasteiger partial charge on any atom is 0.335 e. The molecule has 1 saturated heterocycles. The fourth-order valence-corrected chi connectivity index (χ4v) is 2.49. The lowest BCUT2D eigenvalue weighted by Gasteiger charge is -2.16. The van der Waals surface area contributed by atoms with Gasteiger partial charge in [0.15, 0.2) is 0 Å². The molecular weight excluding hydrogens is 230 g/mol. The Morgan fingerprint density at radius 1 is 1.56 bits per heavy atom. The summed E-state index contributed by atoms with van der Waals surface area (Å²) in [4.78, 5) is 13.2. The third-order valence-corrected chi connectivity index (χ3v) is 3.35. The molecule has 1 aliphatic heterocycles. The van der Waals surface area contributed by atoms with Crippen molar-refractivity contribution in [3.63, 3.8) is 0 Å². The number of aromatic carboxylic acids is 1. The first-order chi connectivity index (χ1) is 8.69. The molecule has 0 aromatic heterocycles. The predicted octanol–water partition coefficient (Wildman–Crippen LogP) is 1.85. The molecule has 1 N–H and O–H groups in total. The SMILES string of the molecule is COC[C@@H]1CCN(Cc2cccc(C(=O)O)c2)C1. The Balaban J connectivity index is 1.94. The van der Waals surface area contributed by atoms with E-state index in [1.54, 1.807) is 19.2 Å². The normalized spacial score (nSPS) is 20.2. The van der Waals surface area contributed by atoms with Crippen molar-refractivity contribution in [3.05, 3.63) is 35.4 Å². The molecular formula is C14H19NO3. The highest BCUT2D eigenvalue weighted by Crippen LogP contribution is 2.19. The van der Waals surface area contributed by atoms with Gasteiger partial charge in [0.25, 0.3) is 0 Å². The number of carbonyl (C=O) groups is 1. The van der Waals surface area contributed by atoms with Crippen LogP contribution in [-0.4, -0.2) is 42.8 Å². The van der Waals surface area contributed by atoms with Crippen LogP contribution in [0.5, 0.6) is 0 Å². The van der Waals surface area contributed by atoms with Gasteiger partial charge in [-0.1, -0.05) is 12.1 Å². The summed E-state index contributed by atoms with van der Waals surface area (Å²) < 4.78 is 5.17. The van der Waals surface area contributed by atoms with Crippen LogP contribution in [0, 0.1) is 5.92 Å². The smallest absolute Gasteiger partial charge is 0.335 e. The number of methoxy groups -OCH3 is 1. The number of carboxylic acid groups (broad SMARTS) is 1. The van der Waals surface area contributed by atoms with Crippen LogP contribution in [0.4, 0.5) is 0 Å². The monoisotopic (exact) mass is 249 g/mol. The number of hydrogen-bond donors (Lipinski definition) is 1. The quantitative estimate of drug-likeness (QED) is 0.865. The molecule has 1 fully saturated rings. The molecule has 0 saturated carbocycles. The molecule has 0 aliphatic carbocycles. The molecule has 4 nitrogen and oxygen atoms in total. The van der Waals surface area contributed by atoms with Gasteiger partial charge in [-0.05, 0) is 36.6 Å². The number of nitrogens with zero attached hydrogens (tertiary/aromatic N) is 1. The molecule has 1 aliphatic rings. The molecule has 0 unspecified atom stereocenters. The minimum atomic E-state index is -0.865. The Bertz CT molecular complexity index is 419. The number of hydrogen-bond acceptors (Lipinski definition) is 3. The van der Waals surface area contributed by atoms with Gasteiger partial charge in [-0.25, -0.2) is 4.79 Å². The summed E-state index contributed by atoms with van der Waals surface area (Å²) in [6.45, 7) is 3.73. The second-order valence-corrected chi connectivity index (χ2v) is 4.85. The third-order valence-electron chi connectivity index (χ3n) is 3.35. The van der Waals surface area contributed by atoms with Crippen molar-refractivity contribution in [2.75, 3.05) is 26.8 Å². The van der Waals surface area contributed by atoms with Crippen molar-refractivity contribution in [3.8, 4) is 0 Å². The Labute approximate surface area is 107 Å². The van der Waals surface area contributed by atoms with E-state index in [-0.39, 0.29) is 0 Å². The summed E-state index contributed by atoms with van der Waals surface area (Å²) >= 11 is 0. The first-order valence-electron chi connectivity index (χ1n) is 6.22. The van der Waals surface area contributed by atoms with Gasteiger partial charge in [0.05, 0.1) is 12.2 Å². The average molecular weight is 249 g/mol. The third kappa shape index (κ3) is 3.31. The molecule has 0 bridgehead atoms. The van der Waals surface area contributed by atoms with E-state index in [1.807, 2.05) is 12.1 Å². The van der Waals surface area contributed by atoms with Gasteiger partial charge in [-0.15, -0.1) is 0 Å². The van der Waals surface area contributed by atoms with E-state index < -0.39 is 5.97 Å². The number of rotatable bonds is 5. The van der Waals surface area contributed by atoms with E-state index in [0.29, 0.717) is 11.5 Å². The van der Waals surface area contributed by atoms with Gasteiger partial charge >= 0.3 is 5.97 Å². The van der Waals surface area contributed by atoms with Gasteiger partial charge in [-0.3, -0.25) is 4.90 Å². The molecule has 18 heavy (non-hydrogen) atoms. The number of likely N-dealkylation sites (tertiary alicyclic amines) is 1. The van der Waals surface area contributed by atoms with Gasteiger partial charge in [-0.2, -0.15) is 0 Å². The minimum Gasteiger partial charge on any atom is -0.478 e. The lowest BCUT2D eigenvalue weighted by atomic mass is 10.1. The summed E-state index contributed by atoms with van der Waals surface area (Å²) in [5.74, 6) is -0.256. The average Bonchev–Trinajstić information content (AvgIpc) is 2.77. The van der Waals surface area contributed by atoms with Crippen molar-refractivity contribution < 1.29 is 14.6 Å². The predicted molar refractivity (Wildman–Crippen MR) is 68.7 cm³/mol. The molecule has 1 aromatic rings. The van der Waals surface area contributed by atoms with Crippen molar-refractivity contribution in [1.82, 2.24) is 4.90 Å². The van der Waals surface area contributed by atoms with Crippen LogP contribution in [0.25, 0.3) is 0 Å². The molecule has 0 amide bonds. The van der Waals surface area contributed by atoms with Crippen LogP contribution in [0.2, 0.25) is 0 Å². The maximum atomic E-state index is 10.9. The fraction of sp³-hybridized carbons (Fsp3) is 0.500. The van der Waals surface area contributed by atoms with E-state index in [0.717, 1.165) is 38.2 Å². The highest BCUT2D eigenvalue weighted by Gasteiger charge is 2.22. The standard InChI is InChI=1S/C14H19NO3/c1-18-10-12-5-6-15(9-12)8-11-3-2-4-13(7-11)14(16)17/h2-4,7,12H,5-6,8-10H2,1H3,(H,16,17)/t12-/m1/s1. The van der Waals surface area contributed by atoms with E-state index in [9.17, 15) is 4.79 Å². The van der Waals surface area contributed by atoms with Gasteiger partial charge in [0.2, 0.25) is 0 Å². The number of ether oxygens (including phenoxy) is 1. The highest BCUT2D eigenvalue weighted by molar-refractivity contribution is 5.87. The summed E-state index contributed by atoms with van der Waals surface area (Å²) in [5, 5.41) is 8.95. The van der Waals surface area contributed by atoms with Crippen LogP contribution in [0.15, 0.2) is 24.3 Å². The van der Waals surface area contributed by atoms with Crippen LogP contribution in [0.1, 0.15) is 22.3 Å². The molecule has 0 spiro atoms. The van der Waals surface area contributed by atoms with Crippen LogP contribution < -0.4 is 0 Å². The van der Waals surface area contributed by atoms with Gasteiger partial charge in [0.1, 0.15) is 0 Å². The molecule has 0 radical (unpaired) electrons. The van der Waals surface area contributed by atoms with Gasteiger partial charge < -0.3 is 9.84 Å². The molecule has 1 aromatic carbocycles. The largest absolute Gasteiger partial charge is 0.478 e. The van der Waals surface area contributed by atoms with E-state index >= 15 is 0 Å². The Hall–Kier alpha value is -1.39. The first-order valence-corrected chi connectivity index (χ1v) is 6.22. The van der Waals surface area contributed by atoms with Crippen molar-refractivity contribution in [2.45, 2.75) is 13.0 Å². The van der Waals surface area contributed by atoms with Gasteiger partial charge in [0, 0.05) is 20.2 Å². The van der Waals surface area contributed by atoms with Crippen LogP contribution >= 0.6 is 0 Å². The van der Waals surface area contributed by atoms with Crippen LogP contribution in [-0.2, 0) is 11.3 Å². The lowest BCUT2D eigenvalue weighted by Crippen LogP contribution is -2.21. The maximum absolute atomic E-state index is 10.9. The Morgan fingerprint density at radius 2 is 2.39 bits per heavy atom. The second-order valence-electron chi connectivity index (χ2n) is 4.85. The van der Waals surface area contributed by atoms with Crippen molar-refractivity contribution in [1.29, 1.82) is 0 Å². The summed E-state index contributed by atoms with van der Waals surface area (Å²) in [6.07, 6.45) is 1.16. The van der Waals surface area contributed by atoms with E-state index in [4.69, 9.17) is 9.84 Å². The minimum absolute atomic E-state index is 0.361. The zero-order valence-corrected chi connectivity index (χ0v) is 10.6. The fourth-order valence-electron chi connectivity index (χ4n) is 2.49. The number of benzene rings is 1. The molecule has 2 rings (SSSR count). The summed E-state index contributed by atoms with van der Waals surface area (Å²) in [6, 6.07) is 7.17. The van der Waals surface area contributed by atoms with Crippen molar-refractivity contribution >= 4 is 5.97 Å². The summed E-state index contributed by atoms with van der Waals surface area (Å²) in [5.41, 5.74) is 1.42. The van der Waals surface area contributed by atoms with E-state index in [1.165, 1.54) is 0 Å². The second kappa shape index (κ2) is 5.98. The highest BCUT2D eigenvalue weighted by atomic mass is 16.5. The van der Waals surface area contributed by atoms with Crippen molar-refractivity contribution in [2.24, 2.45) is 5.92 Å². The first kappa shape index (κ1) is 13.1. The Kier molecular flexibility index (Phi) is 4.33. The Morgan fingerprint density at radius 3 is 3.11 bits per heavy atom. The lowest BCUT2D eigenvalue weighted by molar-refractivity contribution is 0.0696. The van der Waals surface area contributed by atoms with E-state index in [2.05, 4.69) is 4.90 Å². The molecule has 1 heterocycles. The summed E-state index contributed by atoms with van der Waals surface area (Å²) in [7, 11) is 1.74. The zero-order valence-electron chi connectivity index (χ0n) is 10.6. The topological polar surface area (TPSA) is 49.8 Å². The number of carboxylic acids is 1. The molecule has 1 atom stereocenters. The zero-order chi connectivity index (χ0) is 13.0. The van der Waals surface area contributed by atoms with Crippen LogP contribution in [0.3, 0.4) is 0 Å². The molecule has 98 valence electrons. The molecule has 4 heteroatoms.